The Morgan fingerprint density at radius 3 is 2.25 bits per heavy atom. The van der Waals surface area contributed by atoms with Crippen LogP contribution in [0.3, 0.4) is 0 Å². The molecule has 222 valence electrons. The van der Waals surface area contributed by atoms with Gasteiger partial charge >= 0.3 is 6.09 Å². The summed E-state index contributed by atoms with van der Waals surface area (Å²) in [5.41, 5.74) is 1.75. The van der Waals surface area contributed by atoms with E-state index in [2.05, 4.69) is 5.32 Å². The highest BCUT2D eigenvalue weighted by Crippen LogP contribution is 2.29. The summed E-state index contributed by atoms with van der Waals surface area (Å²) in [6, 6.07) is 14.8. The normalized spacial score (nSPS) is 20.5. The third kappa shape index (κ3) is 8.28. The number of aliphatic hydroxyl groups is 1. The smallest absolute Gasteiger partial charge is 0.407 e. The lowest BCUT2D eigenvalue weighted by molar-refractivity contribution is 0.0674. The number of hydrogen-bond acceptors (Lipinski definition) is 7. The molecule has 0 bridgehead atoms. The number of aryl methyl sites for hydroxylation is 1. The number of sulfone groups is 1. The van der Waals surface area contributed by atoms with Gasteiger partial charge in [-0.2, -0.15) is 4.31 Å². The van der Waals surface area contributed by atoms with Crippen LogP contribution < -0.4 is 5.32 Å². The molecule has 9 nitrogen and oxygen atoms in total. The van der Waals surface area contributed by atoms with E-state index < -0.39 is 49.5 Å². The minimum Gasteiger partial charge on any atom is -0.445 e. The van der Waals surface area contributed by atoms with Gasteiger partial charge in [-0.1, -0.05) is 75.7 Å². The lowest BCUT2D eigenvalue weighted by Crippen LogP contribution is -2.52. The van der Waals surface area contributed by atoms with Gasteiger partial charge in [-0.25, -0.2) is 21.6 Å². The van der Waals surface area contributed by atoms with Gasteiger partial charge in [0.25, 0.3) is 0 Å². The van der Waals surface area contributed by atoms with Crippen LogP contribution in [0.2, 0.25) is 0 Å². The number of nitrogens with zero attached hydrogens (tertiary/aromatic N) is 1. The average Bonchev–Trinajstić information content (AvgIpc) is 3.17. The first-order valence-corrected chi connectivity index (χ1v) is 16.8. The Bertz CT molecular complexity index is 1330. The molecule has 3 rings (SSSR count). The largest absolute Gasteiger partial charge is 0.445 e. The Morgan fingerprint density at radius 2 is 1.68 bits per heavy atom. The first kappa shape index (κ1) is 32.0. The monoisotopic (exact) mass is 594 g/mol. The fourth-order valence-electron chi connectivity index (χ4n) is 5.13. The molecule has 1 aliphatic rings. The van der Waals surface area contributed by atoms with Crippen molar-refractivity contribution in [2.75, 3.05) is 18.8 Å². The van der Waals surface area contributed by atoms with Gasteiger partial charge < -0.3 is 15.2 Å². The van der Waals surface area contributed by atoms with Crippen LogP contribution in [0.1, 0.15) is 45.2 Å². The molecule has 2 N–H and O–H groups in total. The van der Waals surface area contributed by atoms with Crippen molar-refractivity contribution in [2.45, 2.75) is 75.9 Å². The quantitative estimate of drug-likeness (QED) is 0.384. The van der Waals surface area contributed by atoms with E-state index in [1.165, 1.54) is 4.31 Å². The number of carbonyl (C=O) groups is 1. The summed E-state index contributed by atoms with van der Waals surface area (Å²) in [7, 11) is -7.30. The van der Waals surface area contributed by atoms with Crippen LogP contribution in [0.5, 0.6) is 0 Å². The van der Waals surface area contributed by atoms with Gasteiger partial charge in [-0.3, -0.25) is 0 Å². The van der Waals surface area contributed by atoms with E-state index >= 15 is 0 Å². The number of ether oxygens (including phenoxy) is 1. The highest BCUT2D eigenvalue weighted by molar-refractivity contribution is 7.92. The molecule has 4 unspecified atom stereocenters. The summed E-state index contributed by atoms with van der Waals surface area (Å²) in [5, 5.41) is 13.3. The van der Waals surface area contributed by atoms with Crippen molar-refractivity contribution in [2.24, 2.45) is 11.8 Å². The van der Waals surface area contributed by atoms with Crippen molar-refractivity contribution >= 4 is 26.0 Å². The molecule has 0 spiro atoms. The fourth-order valence-corrected chi connectivity index (χ4v) is 9.07. The standard InChI is InChI=1S/C29H42N2O7S2/c1-20(2)18-31(40(36,37)24-13-11-22(5)12-14-24)19-26(32)25(17-23-9-7-6-8-10-23)30-29(33)38-27-15-16-39(34,35)28(27)21(3)4/h6-14,20-21,25-28,32H,15-19H2,1-5H3,(H,30,33). The van der Waals surface area contributed by atoms with E-state index in [4.69, 9.17) is 4.74 Å². The second-order valence-corrected chi connectivity index (χ2v) is 15.6. The molecule has 2 aromatic rings. The maximum Gasteiger partial charge on any atom is 0.407 e. The zero-order chi connectivity index (χ0) is 29.7. The van der Waals surface area contributed by atoms with Gasteiger partial charge in [-0.15, -0.1) is 0 Å². The molecule has 0 saturated carbocycles. The number of nitrogens with one attached hydrogen (secondary N) is 1. The summed E-state index contributed by atoms with van der Waals surface area (Å²) in [5.74, 6) is -0.298. The molecule has 11 heteroatoms. The number of carbonyl (C=O) groups excluding carboxylic acids is 1. The van der Waals surface area contributed by atoms with Gasteiger partial charge in [0.05, 0.1) is 22.8 Å². The Hall–Kier alpha value is -2.47. The van der Waals surface area contributed by atoms with Crippen molar-refractivity contribution in [1.29, 1.82) is 0 Å². The van der Waals surface area contributed by atoms with Crippen LogP contribution in [-0.2, 0) is 31.0 Å². The van der Waals surface area contributed by atoms with Gasteiger partial charge in [0.1, 0.15) is 11.4 Å². The Morgan fingerprint density at radius 1 is 1.05 bits per heavy atom. The van der Waals surface area contributed by atoms with Crippen LogP contribution in [0, 0.1) is 18.8 Å². The van der Waals surface area contributed by atoms with E-state index in [0.717, 1.165) is 11.1 Å². The highest BCUT2D eigenvalue weighted by atomic mass is 32.2. The van der Waals surface area contributed by atoms with Crippen molar-refractivity contribution in [3.05, 3.63) is 65.7 Å². The molecule has 40 heavy (non-hydrogen) atoms. The fraction of sp³-hybridized carbons (Fsp3) is 0.552. The van der Waals surface area contributed by atoms with Crippen LogP contribution in [0.15, 0.2) is 59.5 Å². The number of amides is 1. The summed E-state index contributed by atoms with van der Waals surface area (Å²) in [6.07, 6.45) is -2.49. The lowest BCUT2D eigenvalue weighted by Gasteiger charge is -2.31. The van der Waals surface area contributed by atoms with Gasteiger partial charge in [-0.05, 0) is 49.3 Å². The minimum absolute atomic E-state index is 0.0183. The van der Waals surface area contributed by atoms with E-state index in [1.54, 1.807) is 38.1 Å². The number of hydrogen-bond donors (Lipinski definition) is 2. The summed E-state index contributed by atoms with van der Waals surface area (Å²) in [4.78, 5) is 13.2. The van der Waals surface area contributed by atoms with Crippen molar-refractivity contribution < 1.29 is 31.5 Å². The maximum atomic E-state index is 13.6. The molecule has 1 saturated heterocycles. The van der Waals surface area contributed by atoms with Crippen molar-refractivity contribution in [3.8, 4) is 0 Å². The first-order chi connectivity index (χ1) is 18.7. The minimum atomic E-state index is -3.93. The summed E-state index contributed by atoms with van der Waals surface area (Å²) in [6.45, 7) is 9.13. The molecule has 1 amide bonds. The Labute approximate surface area is 238 Å². The Kier molecular flexibility index (Phi) is 10.8. The van der Waals surface area contributed by atoms with Crippen LogP contribution in [-0.4, -0.2) is 74.7 Å². The summed E-state index contributed by atoms with van der Waals surface area (Å²) >= 11 is 0. The third-order valence-corrected chi connectivity index (χ3v) is 11.4. The van der Waals surface area contributed by atoms with E-state index in [9.17, 15) is 26.7 Å². The third-order valence-electron chi connectivity index (χ3n) is 7.07. The second kappa shape index (κ2) is 13.5. The molecule has 0 aliphatic carbocycles. The predicted molar refractivity (Wildman–Crippen MR) is 155 cm³/mol. The zero-order valence-electron chi connectivity index (χ0n) is 23.9. The van der Waals surface area contributed by atoms with Gasteiger partial charge in [0.2, 0.25) is 10.0 Å². The van der Waals surface area contributed by atoms with Gasteiger partial charge in [0.15, 0.2) is 9.84 Å². The number of benzene rings is 2. The van der Waals surface area contributed by atoms with E-state index in [1.807, 2.05) is 51.1 Å². The average molecular weight is 595 g/mol. The molecule has 0 aromatic heterocycles. The molecule has 1 fully saturated rings. The van der Waals surface area contributed by atoms with Crippen LogP contribution in [0.4, 0.5) is 4.79 Å². The van der Waals surface area contributed by atoms with E-state index in [-0.39, 0.29) is 48.4 Å². The number of rotatable bonds is 12. The number of aliphatic hydroxyl groups excluding tert-OH is 1. The zero-order valence-corrected chi connectivity index (χ0v) is 25.5. The molecule has 4 atom stereocenters. The van der Waals surface area contributed by atoms with Crippen molar-refractivity contribution in [3.63, 3.8) is 0 Å². The van der Waals surface area contributed by atoms with E-state index in [0.29, 0.717) is 0 Å². The highest BCUT2D eigenvalue weighted by Gasteiger charge is 2.44. The van der Waals surface area contributed by atoms with Gasteiger partial charge in [0, 0.05) is 13.1 Å². The first-order valence-electron chi connectivity index (χ1n) is 13.7. The molecular formula is C29H42N2O7S2. The summed E-state index contributed by atoms with van der Waals surface area (Å²) < 4.78 is 58.9. The topological polar surface area (TPSA) is 130 Å². The molecule has 1 heterocycles. The SMILES string of the molecule is Cc1ccc(S(=O)(=O)N(CC(C)C)CC(O)C(Cc2ccccc2)NC(=O)OC2CCS(=O)(=O)C2C(C)C)cc1. The molecule has 2 aromatic carbocycles. The second-order valence-electron chi connectivity index (χ2n) is 11.3. The van der Waals surface area contributed by atoms with Crippen molar-refractivity contribution in [1.82, 2.24) is 9.62 Å². The predicted octanol–water partition coefficient (Wildman–Crippen LogP) is 3.55. The molecule has 0 radical (unpaired) electrons. The lowest BCUT2D eigenvalue weighted by atomic mass is 10.0. The van der Waals surface area contributed by atoms with Crippen LogP contribution >= 0.6 is 0 Å². The maximum absolute atomic E-state index is 13.6. The number of sulfonamides is 1. The molecular weight excluding hydrogens is 552 g/mol. The number of alkyl carbamates (subject to hydrolysis) is 1. The van der Waals surface area contributed by atoms with Crippen LogP contribution in [0.25, 0.3) is 0 Å². The Balaban J connectivity index is 1.83. The molecule has 1 aliphatic heterocycles.